The van der Waals surface area contributed by atoms with E-state index in [4.69, 9.17) is 20.9 Å². The fraction of sp³-hybridized carbons (Fsp3) is 0.200. The molecule has 6 heteroatoms. The Labute approximate surface area is 122 Å². The van der Waals surface area contributed by atoms with E-state index in [0.717, 1.165) is 6.42 Å². The Morgan fingerprint density at radius 3 is 2.81 bits per heavy atom. The van der Waals surface area contributed by atoms with E-state index < -0.39 is 5.91 Å². The molecule has 0 aliphatic carbocycles. The van der Waals surface area contributed by atoms with Crippen LogP contribution in [0, 0.1) is 0 Å². The van der Waals surface area contributed by atoms with E-state index >= 15 is 0 Å². The number of hydrogen-bond acceptors (Lipinski definition) is 5. The first-order valence-electron chi connectivity index (χ1n) is 6.57. The number of aromatic nitrogens is 1. The van der Waals surface area contributed by atoms with Crippen molar-refractivity contribution in [1.29, 1.82) is 0 Å². The first-order chi connectivity index (χ1) is 10.1. The molecule has 0 saturated heterocycles. The number of rotatable bonds is 6. The van der Waals surface area contributed by atoms with Crippen molar-refractivity contribution in [1.82, 2.24) is 4.98 Å². The van der Waals surface area contributed by atoms with Crippen molar-refractivity contribution >= 4 is 11.6 Å². The molecule has 0 bridgehead atoms. The normalized spacial score (nSPS) is 10.1. The summed E-state index contributed by atoms with van der Waals surface area (Å²) in [6.07, 6.45) is 0.854. The number of anilines is 1. The molecule has 1 heterocycles. The van der Waals surface area contributed by atoms with E-state index in [-0.39, 0.29) is 0 Å². The number of pyridine rings is 1. The highest BCUT2D eigenvalue weighted by molar-refractivity contribution is 5.93. The van der Waals surface area contributed by atoms with Gasteiger partial charge in [0.2, 0.25) is 17.7 Å². The van der Waals surface area contributed by atoms with E-state index in [1.807, 2.05) is 6.92 Å². The van der Waals surface area contributed by atoms with Crippen molar-refractivity contribution in [3.63, 3.8) is 0 Å². The number of carbonyl (C=O) groups is 1. The van der Waals surface area contributed by atoms with Gasteiger partial charge < -0.3 is 20.9 Å². The van der Waals surface area contributed by atoms with Gasteiger partial charge in [0.15, 0.2) is 0 Å². The number of hydrogen-bond donors (Lipinski definition) is 2. The van der Waals surface area contributed by atoms with Crippen molar-refractivity contribution in [3.05, 3.63) is 42.0 Å². The van der Waals surface area contributed by atoms with Crippen molar-refractivity contribution in [2.24, 2.45) is 5.73 Å². The Bertz CT molecular complexity index is 644. The van der Waals surface area contributed by atoms with Crippen LogP contribution in [0.1, 0.15) is 23.7 Å². The molecule has 6 nitrogen and oxygen atoms in total. The highest BCUT2D eigenvalue weighted by Crippen LogP contribution is 2.26. The number of primary amides is 1. The van der Waals surface area contributed by atoms with Gasteiger partial charge in [0.05, 0.1) is 12.3 Å². The zero-order valence-electron chi connectivity index (χ0n) is 11.7. The minimum Gasteiger partial charge on any atom is -0.476 e. The van der Waals surface area contributed by atoms with Crippen LogP contribution in [0.3, 0.4) is 0 Å². The minimum absolute atomic E-state index is 0.330. The summed E-state index contributed by atoms with van der Waals surface area (Å²) in [5.41, 5.74) is 11.8. The molecule has 0 spiro atoms. The van der Waals surface area contributed by atoms with Crippen molar-refractivity contribution < 1.29 is 14.3 Å². The zero-order chi connectivity index (χ0) is 15.2. The molecular formula is C15H17N3O3. The van der Waals surface area contributed by atoms with Crippen molar-refractivity contribution in [2.75, 3.05) is 12.3 Å². The fourth-order valence-electron chi connectivity index (χ4n) is 1.64. The summed E-state index contributed by atoms with van der Waals surface area (Å²) in [6.45, 7) is 2.52. The smallest absolute Gasteiger partial charge is 0.248 e. The van der Waals surface area contributed by atoms with Gasteiger partial charge >= 0.3 is 0 Å². The lowest BCUT2D eigenvalue weighted by Crippen LogP contribution is -2.10. The Hall–Kier alpha value is -2.76. The average Bonchev–Trinajstić information content (AvgIpc) is 2.48. The molecule has 1 amide bonds. The van der Waals surface area contributed by atoms with Crippen LogP contribution in [0.2, 0.25) is 0 Å². The van der Waals surface area contributed by atoms with E-state index in [1.165, 1.54) is 0 Å². The topological polar surface area (TPSA) is 100 Å². The van der Waals surface area contributed by atoms with E-state index in [0.29, 0.717) is 35.4 Å². The maximum Gasteiger partial charge on any atom is 0.248 e. The number of ether oxygens (including phenoxy) is 2. The molecule has 0 aliphatic rings. The third kappa shape index (κ3) is 3.85. The van der Waals surface area contributed by atoms with Crippen LogP contribution in [0.15, 0.2) is 36.4 Å². The summed E-state index contributed by atoms with van der Waals surface area (Å²) < 4.78 is 11.0. The quantitative estimate of drug-likeness (QED) is 0.849. The lowest BCUT2D eigenvalue weighted by molar-refractivity contribution is 0.1000. The number of nitrogens with two attached hydrogens (primary N) is 2. The summed E-state index contributed by atoms with van der Waals surface area (Å²) in [4.78, 5) is 15.3. The molecule has 0 saturated carbocycles. The first-order valence-corrected chi connectivity index (χ1v) is 6.57. The van der Waals surface area contributed by atoms with Gasteiger partial charge in [-0.25, -0.2) is 0 Å². The van der Waals surface area contributed by atoms with E-state index in [9.17, 15) is 4.79 Å². The summed E-state index contributed by atoms with van der Waals surface area (Å²) in [7, 11) is 0. The Morgan fingerprint density at radius 2 is 2.10 bits per heavy atom. The second kappa shape index (κ2) is 6.60. The highest BCUT2D eigenvalue weighted by Gasteiger charge is 2.07. The van der Waals surface area contributed by atoms with Crippen LogP contribution < -0.4 is 20.9 Å². The van der Waals surface area contributed by atoms with Crippen LogP contribution in [0.25, 0.3) is 0 Å². The van der Waals surface area contributed by atoms with Gasteiger partial charge in [0.25, 0.3) is 0 Å². The molecule has 21 heavy (non-hydrogen) atoms. The fourth-order valence-corrected chi connectivity index (χ4v) is 1.64. The molecule has 1 aromatic heterocycles. The van der Waals surface area contributed by atoms with Gasteiger partial charge in [-0.2, -0.15) is 4.98 Å². The number of amides is 1. The molecule has 0 fully saturated rings. The monoisotopic (exact) mass is 287 g/mol. The van der Waals surface area contributed by atoms with Crippen LogP contribution >= 0.6 is 0 Å². The Balaban J connectivity index is 2.19. The molecule has 1 aromatic carbocycles. The van der Waals surface area contributed by atoms with Crippen molar-refractivity contribution in [2.45, 2.75) is 13.3 Å². The Morgan fingerprint density at radius 1 is 1.29 bits per heavy atom. The molecule has 4 N–H and O–H groups in total. The van der Waals surface area contributed by atoms with Gasteiger partial charge in [-0.15, -0.1) is 0 Å². The number of nitrogen functional groups attached to an aromatic ring is 1. The third-order valence-corrected chi connectivity index (χ3v) is 2.65. The van der Waals surface area contributed by atoms with Crippen LogP contribution in [0.4, 0.5) is 5.69 Å². The number of nitrogens with zero attached hydrogens (tertiary/aromatic N) is 1. The standard InChI is InChI=1S/C15H17N3O3/c1-2-8-20-15-12(16)6-7-13(18-15)21-11-5-3-4-10(9-11)14(17)19/h3-7,9H,2,8,16H2,1H3,(H2,17,19). The predicted octanol–water partition coefficient (Wildman–Crippen LogP) is 2.34. The van der Waals surface area contributed by atoms with E-state index in [1.54, 1.807) is 36.4 Å². The summed E-state index contributed by atoms with van der Waals surface area (Å²) in [5, 5.41) is 0. The SMILES string of the molecule is CCCOc1nc(Oc2cccc(C(N)=O)c2)ccc1N. The van der Waals surface area contributed by atoms with Crippen LogP contribution in [-0.4, -0.2) is 17.5 Å². The number of benzene rings is 1. The molecule has 0 atom stereocenters. The lowest BCUT2D eigenvalue weighted by atomic mass is 10.2. The maximum atomic E-state index is 11.1. The second-order valence-corrected chi connectivity index (χ2v) is 4.39. The largest absolute Gasteiger partial charge is 0.476 e. The molecule has 2 aromatic rings. The number of carbonyl (C=O) groups excluding carboxylic acids is 1. The zero-order valence-corrected chi connectivity index (χ0v) is 11.7. The summed E-state index contributed by atoms with van der Waals surface area (Å²) in [5.74, 6) is 0.611. The third-order valence-electron chi connectivity index (χ3n) is 2.65. The molecule has 2 rings (SSSR count). The second-order valence-electron chi connectivity index (χ2n) is 4.39. The average molecular weight is 287 g/mol. The van der Waals surface area contributed by atoms with Crippen LogP contribution in [0.5, 0.6) is 17.5 Å². The molecular weight excluding hydrogens is 270 g/mol. The van der Waals surface area contributed by atoms with Crippen LogP contribution in [-0.2, 0) is 0 Å². The summed E-state index contributed by atoms with van der Waals surface area (Å²) in [6, 6.07) is 9.84. The van der Waals surface area contributed by atoms with Gasteiger partial charge in [0.1, 0.15) is 5.75 Å². The minimum atomic E-state index is -0.516. The van der Waals surface area contributed by atoms with Gasteiger partial charge in [0, 0.05) is 11.6 Å². The highest BCUT2D eigenvalue weighted by atomic mass is 16.5. The first kappa shape index (κ1) is 14.6. The summed E-state index contributed by atoms with van der Waals surface area (Å²) >= 11 is 0. The van der Waals surface area contributed by atoms with Gasteiger partial charge in [-0.3, -0.25) is 4.79 Å². The van der Waals surface area contributed by atoms with Gasteiger partial charge in [-0.1, -0.05) is 13.0 Å². The Kier molecular flexibility index (Phi) is 4.61. The predicted molar refractivity (Wildman–Crippen MR) is 79.5 cm³/mol. The molecule has 0 radical (unpaired) electrons. The molecule has 0 unspecified atom stereocenters. The van der Waals surface area contributed by atoms with Crippen molar-refractivity contribution in [3.8, 4) is 17.5 Å². The van der Waals surface area contributed by atoms with Gasteiger partial charge in [-0.05, 0) is 30.7 Å². The maximum absolute atomic E-state index is 11.1. The molecule has 110 valence electrons. The van der Waals surface area contributed by atoms with E-state index in [2.05, 4.69) is 4.98 Å². The lowest BCUT2D eigenvalue weighted by Gasteiger charge is -2.10. The molecule has 0 aliphatic heterocycles.